The molecule has 204 valence electrons. The smallest absolute Gasteiger partial charge is 0.242 e. The minimum Gasteiger partial charge on any atom is -0.493 e. The number of ether oxygens (including phenoxy) is 3. The second-order valence-corrected chi connectivity index (χ2v) is 9.95. The Bertz CT molecular complexity index is 1270. The molecule has 0 spiro atoms. The van der Waals surface area contributed by atoms with Crippen LogP contribution in [0.15, 0.2) is 29.1 Å². The van der Waals surface area contributed by atoms with Crippen molar-refractivity contribution in [2.75, 3.05) is 26.6 Å². The predicted molar refractivity (Wildman–Crippen MR) is 146 cm³/mol. The first-order chi connectivity index (χ1) is 18.3. The topological polar surface area (TPSA) is 115 Å². The number of benzene rings is 1. The van der Waals surface area contributed by atoms with Gasteiger partial charge in [0.25, 0.3) is 0 Å². The lowest BCUT2D eigenvalue weighted by atomic mass is 9.95. The SMILES string of the molecule is COc1cc2c(c(OC)c1OC)-c1ccc(N[C@@H](C)C(=O)NC3CCCC3)c(=O)cc1[C@@H](NC(C)=O)CC2. The van der Waals surface area contributed by atoms with E-state index in [1.165, 1.54) is 6.92 Å². The van der Waals surface area contributed by atoms with Crippen LogP contribution in [-0.2, 0) is 16.0 Å². The van der Waals surface area contributed by atoms with Gasteiger partial charge in [0.15, 0.2) is 11.5 Å². The highest BCUT2D eigenvalue weighted by molar-refractivity contribution is 5.86. The normalized spacial score (nSPS) is 17.3. The van der Waals surface area contributed by atoms with Crippen molar-refractivity contribution in [2.45, 2.75) is 70.5 Å². The van der Waals surface area contributed by atoms with Crippen LogP contribution in [-0.4, -0.2) is 45.2 Å². The van der Waals surface area contributed by atoms with E-state index >= 15 is 0 Å². The molecule has 9 nitrogen and oxygen atoms in total. The van der Waals surface area contributed by atoms with Crippen molar-refractivity contribution in [3.8, 4) is 28.4 Å². The fraction of sp³-hybridized carbons (Fsp3) is 0.483. The van der Waals surface area contributed by atoms with Crippen LogP contribution in [0.1, 0.15) is 63.1 Å². The number of nitrogens with one attached hydrogen (secondary N) is 3. The van der Waals surface area contributed by atoms with Gasteiger partial charge in [-0.15, -0.1) is 0 Å². The van der Waals surface area contributed by atoms with E-state index in [-0.39, 0.29) is 23.3 Å². The Kier molecular flexibility index (Phi) is 8.44. The second kappa shape index (κ2) is 11.8. The standard InChI is InChI=1S/C29H37N3O6/c1-16(29(35)32-19-8-6-7-9-19)30-23-13-11-20-21(15-24(23)34)22(31-17(2)33)12-10-18-14-25(36-3)27(37-4)28(38-5)26(18)20/h11,13-16,19,22H,6-10,12H2,1-5H3,(H,30,34)(H,31,33)(H,32,35)/t16-,22-/m0/s1. The molecule has 1 fully saturated rings. The third-order valence-corrected chi connectivity index (χ3v) is 7.38. The summed E-state index contributed by atoms with van der Waals surface area (Å²) < 4.78 is 17.0. The van der Waals surface area contributed by atoms with Gasteiger partial charge in [-0.05, 0) is 67.5 Å². The molecule has 2 atom stereocenters. The molecule has 0 saturated heterocycles. The number of carbonyl (C=O) groups excluding carboxylic acids is 2. The van der Waals surface area contributed by atoms with Crippen LogP contribution in [0.2, 0.25) is 0 Å². The average Bonchev–Trinajstić information content (AvgIpc) is 3.30. The molecule has 0 heterocycles. The van der Waals surface area contributed by atoms with Crippen LogP contribution in [0, 0.1) is 0 Å². The molecule has 0 aromatic heterocycles. The maximum absolute atomic E-state index is 13.4. The zero-order valence-corrected chi connectivity index (χ0v) is 22.7. The third-order valence-electron chi connectivity index (χ3n) is 7.38. The number of anilines is 1. The monoisotopic (exact) mass is 523 g/mol. The van der Waals surface area contributed by atoms with E-state index in [1.54, 1.807) is 40.4 Å². The van der Waals surface area contributed by atoms with Gasteiger partial charge >= 0.3 is 0 Å². The fourth-order valence-electron chi connectivity index (χ4n) is 5.52. The highest BCUT2D eigenvalue weighted by Gasteiger charge is 2.30. The summed E-state index contributed by atoms with van der Waals surface area (Å²) in [5.74, 6) is 1.15. The van der Waals surface area contributed by atoms with Gasteiger partial charge in [-0.25, -0.2) is 0 Å². The van der Waals surface area contributed by atoms with Crippen LogP contribution in [0.3, 0.4) is 0 Å². The molecule has 1 saturated carbocycles. The summed E-state index contributed by atoms with van der Waals surface area (Å²) in [6, 6.07) is 6.19. The third kappa shape index (κ3) is 5.56. The van der Waals surface area contributed by atoms with E-state index in [0.29, 0.717) is 41.3 Å². The lowest BCUT2D eigenvalue weighted by molar-refractivity contribution is -0.122. The molecule has 0 unspecified atom stereocenters. The largest absolute Gasteiger partial charge is 0.493 e. The predicted octanol–water partition coefficient (Wildman–Crippen LogP) is 3.72. The number of hydrogen-bond acceptors (Lipinski definition) is 7. The molecule has 3 N–H and O–H groups in total. The summed E-state index contributed by atoms with van der Waals surface area (Å²) >= 11 is 0. The van der Waals surface area contributed by atoms with Crippen molar-refractivity contribution < 1.29 is 23.8 Å². The minimum atomic E-state index is -0.595. The molecular weight excluding hydrogens is 486 g/mol. The van der Waals surface area contributed by atoms with Gasteiger partial charge in [-0.1, -0.05) is 18.9 Å². The zero-order valence-electron chi connectivity index (χ0n) is 22.7. The molecule has 2 aromatic carbocycles. The first-order valence-corrected chi connectivity index (χ1v) is 13.1. The Morgan fingerprint density at radius 2 is 1.66 bits per heavy atom. The molecule has 0 bridgehead atoms. The number of rotatable bonds is 8. The Labute approximate surface area is 223 Å². The first kappa shape index (κ1) is 27.3. The fourth-order valence-corrected chi connectivity index (χ4v) is 5.52. The maximum atomic E-state index is 13.4. The highest BCUT2D eigenvalue weighted by Crippen LogP contribution is 2.50. The number of aryl methyl sites for hydroxylation is 1. The molecule has 9 heteroatoms. The Morgan fingerprint density at radius 1 is 0.947 bits per heavy atom. The first-order valence-electron chi connectivity index (χ1n) is 13.1. The Balaban J connectivity index is 1.82. The van der Waals surface area contributed by atoms with Gasteiger partial charge in [0.05, 0.1) is 33.1 Å². The van der Waals surface area contributed by atoms with E-state index in [2.05, 4.69) is 16.0 Å². The van der Waals surface area contributed by atoms with Crippen molar-refractivity contribution in [3.63, 3.8) is 0 Å². The minimum absolute atomic E-state index is 0.135. The van der Waals surface area contributed by atoms with Gasteiger partial charge in [-0.3, -0.25) is 14.4 Å². The van der Waals surface area contributed by atoms with Crippen LogP contribution in [0.25, 0.3) is 11.1 Å². The number of hydrogen-bond donors (Lipinski definition) is 3. The Morgan fingerprint density at radius 3 is 2.29 bits per heavy atom. The van der Waals surface area contributed by atoms with E-state index in [4.69, 9.17) is 14.2 Å². The summed E-state index contributed by atoms with van der Waals surface area (Å²) in [6.07, 6.45) is 5.40. The molecule has 4 rings (SSSR count). The summed E-state index contributed by atoms with van der Waals surface area (Å²) in [4.78, 5) is 38.3. The van der Waals surface area contributed by atoms with Crippen molar-refractivity contribution >= 4 is 17.5 Å². The van der Waals surface area contributed by atoms with Crippen molar-refractivity contribution in [1.29, 1.82) is 0 Å². The average molecular weight is 524 g/mol. The summed E-state index contributed by atoms with van der Waals surface area (Å²) in [7, 11) is 4.68. The van der Waals surface area contributed by atoms with E-state index in [9.17, 15) is 14.4 Å². The molecule has 38 heavy (non-hydrogen) atoms. The summed E-state index contributed by atoms with van der Waals surface area (Å²) in [6.45, 7) is 3.21. The lowest BCUT2D eigenvalue weighted by Crippen LogP contribution is -2.42. The lowest BCUT2D eigenvalue weighted by Gasteiger charge is -2.19. The maximum Gasteiger partial charge on any atom is 0.242 e. The van der Waals surface area contributed by atoms with Crippen molar-refractivity contribution in [3.05, 3.63) is 45.6 Å². The summed E-state index contributed by atoms with van der Waals surface area (Å²) in [5, 5.41) is 9.18. The molecule has 2 aromatic rings. The quantitative estimate of drug-likeness (QED) is 0.483. The molecule has 0 radical (unpaired) electrons. The zero-order chi connectivity index (χ0) is 27.4. The van der Waals surface area contributed by atoms with E-state index in [0.717, 1.165) is 42.4 Å². The summed E-state index contributed by atoms with van der Waals surface area (Å²) in [5.41, 5.74) is 3.17. The van der Waals surface area contributed by atoms with Gasteiger partial charge in [0, 0.05) is 18.5 Å². The van der Waals surface area contributed by atoms with Crippen LogP contribution >= 0.6 is 0 Å². The highest BCUT2D eigenvalue weighted by atomic mass is 16.5. The van der Waals surface area contributed by atoms with Gasteiger partial charge in [0.1, 0.15) is 6.04 Å². The molecular formula is C29H37N3O6. The molecule has 2 amide bonds. The molecule has 0 aliphatic heterocycles. The van der Waals surface area contributed by atoms with Crippen LogP contribution in [0.4, 0.5) is 5.69 Å². The van der Waals surface area contributed by atoms with E-state index < -0.39 is 12.1 Å². The number of amides is 2. The number of fused-ring (bicyclic) bond motifs is 3. The second-order valence-electron chi connectivity index (χ2n) is 9.95. The number of carbonyl (C=O) groups is 2. The molecule has 2 aliphatic carbocycles. The number of methoxy groups -OCH3 is 3. The van der Waals surface area contributed by atoms with Crippen LogP contribution in [0.5, 0.6) is 17.2 Å². The van der Waals surface area contributed by atoms with Crippen molar-refractivity contribution in [1.82, 2.24) is 10.6 Å². The van der Waals surface area contributed by atoms with Crippen molar-refractivity contribution in [2.24, 2.45) is 0 Å². The van der Waals surface area contributed by atoms with Crippen LogP contribution < -0.4 is 35.6 Å². The Hall–Kier alpha value is -3.75. The molecule has 2 aliphatic rings. The van der Waals surface area contributed by atoms with Gasteiger partial charge in [-0.2, -0.15) is 0 Å². The van der Waals surface area contributed by atoms with Gasteiger partial charge in [0.2, 0.25) is 23.0 Å². The van der Waals surface area contributed by atoms with Gasteiger partial charge < -0.3 is 30.2 Å². The van der Waals surface area contributed by atoms with E-state index in [1.807, 2.05) is 12.1 Å².